The largest absolute Gasteiger partial charge is 0.487 e. The molecule has 0 saturated carbocycles. The molecule has 1 heterocycles. The van der Waals surface area contributed by atoms with E-state index >= 15 is 0 Å². The summed E-state index contributed by atoms with van der Waals surface area (Å²) in [5.74, 6) is 2.35. The van der Waals surface area contributed by atoms with Gasteiger partial charge in [0.05, 0.1) is 10.7 Å². The summed E-state index contributed by atoms with van der Waals surface area (Å²) in [6, 6.07) is 15.6. The third kappa shape index (κ3) is 3.86. The normalized spacial score (nSPS) is 10.5. The molecule has 22 heavy (non-hydrogen) atoms. The van der Waals surface area contributed by atoms with E-state index in [1.807, 2.05) is 60.8 Å². The smallest absolute Gasteiger partial charge is 0.131 e. The van der Waals surface area contributed by atoms with E-state index in [1.165, 1.54) is 5.56 Å². The fourth-order valence-corrected chi connectivity index (χ4v) is 2.60. The fourth-order valence-electron chi connectivity index (χ4n) is 2.00. The fraction of sp³-hybridized carbons (Fsp3) is 0.167. The number of nitrogens with zero attached hydrogens (tertiary/aromatic N) is 1. The van der Waals surface area contributed by atoms with Gasteiger partial charge in [-0.25, -0.2) is 4.98 Å². The minimum atomic E-state index is 0.471. The first kappa shape index (κ1) is 14.6. The van der Waals surface area contributed by atoms with Crippen LogP contribution in [0.4, 0.5) is 0 Å². The molecule has 3 nitrogen and oxygen atoms in total. The van der Waals surface area contributed by atoms with Crippen LogP contribution in [0.3, 0.4) is 0 Å². The Balaban J connectivity index is 1.65. The number of hydrogen-bond acceptors (Lipinski definition) is 4. The van der Waals surface area contributed by atoms with Crippen molar-refractivity contribution >= 4 is 11.3 Å². The number of benzene rings is 2. The highest BCUT2D eigenvalue weighted by Gasteiger charge is 2.02. The van der Waals surface area contributed by atoms with Gasteiger partial charge < -0.3 is 9.47 Å². The van der Waals surface area contributed by atoms with E-state index in [0.29, 0.717) is 6.61 Å². The van der Waals surface area contributed by atoms with Gasteiger partial charge in [-0.15, -0.1) is 11.3 Å². The Hall–Kier alpha value is -2.33. The molecule has 0 unspecified atom stereocenters. The van der Waals surface area contributed by atoms with Crippen LogP contribution in [0.2, 0.25) is 0 Å². The van der Waals surface area contributed by atoms with Crippen molar-refractivity contribution in [3.05, 3.63) is 70.2 Å². The van der Waals surface area contributed by atoms with Crippen LogP contribution in [0.5, 0.6) is 17.2 Å². The molecule has 112 valence electrons. The molecule has 0 radical (unpaired) electrons. The maximum Gasteiger partial charge on any atom is 0.131 e. The summed E-state index contributed by atoms with van der Waals surface area (Å²) in [5.41, 5.74) is 2.16. The summed E-state index contributed by atoms with van der Waals surface area (Å²) in [6.45, 7) is 4.51. The predicted molar refractivity (Wildman–Crippen MR) is 88.9 cm³/mol. The monoisotopic (exact) mass is 311 g/mol. The zero-order valence-corrected chi connectivity index (χ0v) is 13.4. The predicted octanol–water partition coefficient (Wildman–Crippen LogP) is 5.13. The number of ether oxygens (including phenoxy) is 2. The average Bonchev–Trinajstić information content (AvgIpc) is 2.94. The van der Waals surface area contributed by atoms with Crippen LogP contribution in [0.1, 0.15) is 16.3 Å². The van der Waals surface area contributed by atoms with Gasteiger partial charge in [-0.3, -0.25) is 0 Å². The SMILES string of the molecule is Cc1ccc(Oc2cccc(OCc3csc(C)n3)c2)cc1. The molecule has 0 bridgehead atoms. The highest BCUT2D eigenvalue weighted by Crippen LogP contribution is 2.26. The first-order valence-corrected chi connectivity index (χ1v) is 7.95. The summed E-state index contributed by atoms with van der Waals surface area (Å²) in [5, 5.41) is 3.07. The molecular formula is C18H17NO2S. The molecule has 0 spiro atoms. The van der Waals surface area contributed by atoms with Crippen molar-refractivity contribution in [1.29, 1.82) is 0 Å². The summed E-state index contributed by atoms with van der Waals surface area (Å²) in [6.07, 6.45) is 0. The zero-order chi connectivity index (χ0) is 15.4. The third-order valence-corrected chi connectivity index (χ3v) is 3.94. The van der Waals surface area contributed by atoms with Crippen LogP contribution >= 0.6 is 11.3 Å². The van der Waals surface area contributed by atoms with E-state index in [4.69, 9.17) is 9.47 Å². The van der Waals surface area contributed by atoms with E-state index in [1.54, 1.807) is 11.3 Å². The Morgan fingerprint density at radius 3 is 2.45 bits per heavy atom. The van der Waals surface area contributed by atoms with Crippen LogP contribution in [0.15, 0.2) is 53.9 Å². The maximum absolute atomic E-state index is 5.84. The Labute approximate surface area is 134 Å². The highest BCUT2D eigenvalue weighted by atomic mass is 32.1. The van der Waals surface area contributed by atoms with Gasteiger partial charge in [0.25, 0.3) is 0 Å². The Morgan fingerprint density at radius 2 is 1.73 bits per heavy atom. The molecule has 0 aliphatic carbocycles. The number of aryl methyl sites for hydroxylation is 2. The van der Waals surface area contributed by atoms with Gasteiger partial charge in [0.1, 0.15) is 23.9 Å². The quantitative estimate of drug-likeness (QED) is 0.654. The van der Waals surface area contributed by atoms with Crippen molar-refractivity contribution in [3.63, 3.8) is 0 Å². The minimum Gasteiger partial charge on any atom is -0.487 e. The molecule has 3 rings (SSSR count). The molecule has 0 saturated heterocycles. The molecular weight excluding hydrogens is 294 g/mol. The number of aromatic nitrogens is 1. The molecule has 4 heteroatoms. The van der Waals surface area contributed by atoms with Gasteiger partial charge in [0.15, 0.2) is 0 Å². The van der Waals surface area contributed by atoms with Gasteiger partial charge in [-0.2, -0.15) is 0 Å². The van der Waals surface area contributed by atoms with E-state index in [0.717, 1.165) is 28.0 Å². The molecule has 0 amide bonds. The van der Waals surface area contributed by atoms with E-state index in [9.17, 15) is 0 Å². The van der Waals surface area contributed by atoms with Crippen molar-refractivity contribution in [2.24, 2.45) is 0 Å². The van der Waals surface area contributed by atoms with Crippen LogP contribution in [-0.2, 0) is 6.61 Å². The Morgan fingerprint density at radius 1 is 0.955 bits per heavy atom. The number of rotatable bonds is 5. The lowest BCUT2D eigenvalue weighted by Gasteiger charge is -2.09. The molecule has 0 fully saturated rings. The maximum atomic E-state index is 5.84. The molecule has 0 N–H and O–H groups in total. The van der Waals surface area contributed by atoms with Crippen molar-refractivity contribution in [2.45, 2.75) is 20.5 Å². The second kappa shape index (κ2) is 6.62. The van der Waals surface area contributed by atoms with E-state index < -0.39 is 0 Å². The molecule has 2 aromatic carbocycles. The summed E-state index contributed by atoms with van der Waals surface area (Å²) < 4.78 is 11.6. The average molecular weight is 311 g/mol. The standard InChI is InChI=1S/C18H17NO2S/c1-13-6-8-16(9-7-13)21-18-5-3-4-17(10-18)20-11-15-12-22-14(2)19-15/h3-10,12H,11H2,1-2H3. The summed E-state index contributed by atoms with van der Waals surface area (Å²) in [4.78, 5) is 4.39. The molecule has 3 aromatic rings. The second-order valence-corrected chi connectivity index (χ2v) is 6.10. The molecule has 0 aliphatic rings. The second-order valence-electron chi connectivity index (χ2n) is 5.04. The lowest BCUT2D eigenvalue weighted by atomic mass is 10.2. The van der Waals surface area contributed by atoms with Crippen LogP contribution in [0.25, 0.3) is 0 Å². The molecule has 0 aliphatic heterocycles. The summed E-state index contributed by atoms with van der Waals surface area (Å²) in [7, 11) is 0. The van der Waals surface area contributed by atoms with Crippen LogP contribution in [0, 0.1) is 13.8 Å². The highest BCUT2D eigenvalue weighted by molar-refractivity contribution is 7.09. The van der Waals surface area contributed by atoms with Crippen LogP contribution < -0.4 is 9.47 Å². The zero-order valence-electron chi connectivity index (χ0n) is 12.6. The van der Waals surface area contributed by atoms with E-state index in [2.05, 4.69) is 11.9 Å². The molecule has 0 atom stereocenters. The summed E-state index contributed by atoms with van der Waals surface area (Å²) >= 11 is 1.63. The van der Waals surface area contributed by atoms with Gasteiger partial charge in [0.2, 0.25) is 0 Å². The topological polar surface area (TPSA) is 31.4 Å². The lowest BCUT2D eigenvalue weighted by Crippen LogP contribution is -1.96. The van der Waals surface area contributed by atoms with Gasteiger partial charge in [-0.1, -0.05) is 23.8 Å². The Bertz CT molecular complexity index is 750. The van der Waals surface area contributed by atoms with Crippen molar-refractivity contribution in [2.75, 3.05) is 0 Å². The Kier molecular flexibility index (Phi) is 4.39. The van der Waals surface area contributed by atoms with Crippen molar-refractivity contribution < 1.29 is 9.47 Å². The van der Waals surface area contributed by atoms with Crippen molar-refractivity contribution in [3.8, 4) is 17.2 Å². The first-order chi connectivity index (χ1) is 10.7. The first-order valence-electron chi connectivity index (χ1n) is 7.07. The van der Waals surface area contributed by atoms with Crippen LogP contribution in [-0.4, -0.2) is 4.98 Å². The lowest BCUT2D eigenvalue weighted by molar-refractivity contribution is 0.300. The van der Waals surface area contributed by atoms with E-state index in [-0.39, 0.29) is 0 Å². The van der Waals surface area contributed by atoms with Gasteiger partial charge >= 0.3 is 0 Å². The van der Waals surface area contributed by atoms with Crippen molar-refractivity contribution in [1.82, 2.24) is 4.98 Å². The van der Waals surface area contributed by atoms with Gasteiger partial charge in [-0.05, 0) is 38.1 Å². The minimum absolute atomic E-state index is 0.471. The number of hydrogen-bond donors (Lipinski definition) is 0. The number of thiazole rings is 1. The third-order valence-electron chi connectivity index (χ3n) is 3.12. The van der Waals surface area contributed by atoms with Gasteiger partial charge in [0, 0.05) is 11.4 Å². The molecule has 1 aromatic heterocycles.